The topological polar surface area (TPSA) is 101 Å². The Labute approximate surface area is 131 Å². The summed E-state index contributed by atoms with van der Waals surface area (Å²) in [7, 11) is 0. The highest BCUT2D eigenvalue weighted by atomic mass is 32.2. The number of nitrogens with two attached hydrogens (primary N) is 1. The molecule has 4 N–H and O–H groups in total. The first-order valence-electron chi connectivity index (χ1n) is 7.02. The lowest BCUT2D eigenvalue weighted by Crippen LogP contribution is -2.03. The smallest absolute Gasteiger partial charge is 0.122 e. The number of aldehydes is 1. The standard InChI is InChI=1S/C15H17N3O3S/c16-12-7-10(21-4-3-20)5-9-6-13(18-14(9)12)15-17-8-11(22-15)1-2-19/h2,5-7,11,18,20H,1,3-4,8,16H2. The van der Waals surface area contributed by atoms with Gasteiger partial charge >= 0.3 is 0 Å². The molecule has 3 rings (SSSR count). The fourth-order valence-electron chi connectivity index (χ4n) is 2.40. The summed E-state index contributed by atoms with van der Waals surface area (Å²) in [6, 6.07) is 5.59. The lowest BCUT2D eigenvalue weighted by molar-refractivity contribution is -0.107. The van der Waals surface area contributed by atoms with Gasteiger partial charge in [-0.15, -0.1) is 0 Å². The molecular weight excluding hydrogens is 302 g/mol. The van der Waals surface area contributed by atoms with E-state index < -0.39 is 0 Å². The molecule has 2 heterocycles. The van der Waals surface area contributed by atoms with E-state index in [0.29, 0.717) is 24.4 Å². The molecule has 1 aliphatic rings. The Bertz CT molecular complexity index is 726. The van der Waals surface area contributed by atoms with Crippen LogP contribution in [0.5, 0.6) is 5.75 Å². The molecule has 7 heteroatoms. The van der Waals surface area contributed by atoms with Gasteiger partial charge < -0.3 is 25.4 Å². The maximum absolute atomic E-state index is 10.6. The molecule has 0 bridgehead atoms. The third-order valence-corrected chi connectivity index (χ3v) is 4.65. The van der Waals surface area contributed by atoms with E-state index in [1.165, 1.54) is 0 Å². The number of nitrogen functional groups attached to an aromatic ring is 1. The zero-order valence-electron chi connectivity index (χ0n) is 11.9. The first-order chi connectivity index (χ1) is 10.7. The van der Waals surface area contributed by atoms with Crippen molar-refractivity contribution in [3.05, 3.63) is 23.9 Å². The first-order valence-corrected chi connectivity index (χ1v) is 7.90. The van der Waals surface area contributed by atoms with Crippen LogP contribution in [0.3, 0.4) is 0 Å². The first kappa shape index (κ1) is 14.9. The average Bonchev–Trinajstić information content (AvgIpc) is 3.12. The number of anilines is 1. The number of nitrogens with one attached hydrogen (secondary N) is 1. The van der Waals surface area contributed by atoms with Crippen molar-refractivity contribution in [3.63, 3.8) is 0 Å². The second-order valence-corrected chi connectivity index (χ2v) is 6.31. The molecule has 1 unspecified atom stereocenters. The number of hydrogen-bond donors (Lipinski definition) is 3. The van der Waals surface area contributed by atoms with Crippen molar-refractivity contribution in [2.24, 2.45) is 4.99 Å². The van der Waals surface area contributed by atoms with Crippen molar-refractivity contribution in [1.82, 2.24) is 4.98 Å². The van der Waals surface area contributed by atoms with E-state index in [-0.39, 0.29) is 18.5 Å². The number of aromatic amines is 1. The Balaban J connectivity index is 1.87. The average molecular weight is 319 g/mol. The summed E-state index contributed by atoms with van der Waals surface area (Å²) in [4.78, 5) is 18.4. The van der Waals surface area contributed by atoms with Crippen LogP contribution in [0.1, 0.15) is 12.1 Å². The summed E-state index contributed by atoms with van der Waals surface area (Å²) in [5.41, 5.74) is 8.38. The molecular formula is C15H17N3O3S. The van der Waals surface area contributed by atoms with Gasteiger partial charge in [0.25, 0.3) is 0 Å². The molecule has 1 aromatic heterocycles. The van der Waals surface area contributed by atoms with E-state index in [1.54, 1.807) is 17.8 Å². The van der Waals surface area contributed by atoms with E-state index in [1.807, 2.05) is 12.1 Å². The minimum absolute atomic E-state index is 0.0398. The maximum atomic E-state index is 10.6. The van der Waals surface area contributed by atoms with Crippen LogP contribution in [0.15, 0.2) is 23.2 Å². The van der Waals surface area contributed by atoms with Gasteiger partial charge in [0.2, 0.25) is 0 Å². The third-order valence-electron chi connectivity index (χ3n) is 3.40. The molecule has 1 atom stereocenters. The zero-order chi connectivity index (χ0) is 15.5. The quantitative estimate of drug-likeness (QED) is 0.554. The predicted octanol–water partition coefficient (Wildman–Crippen LogP) is 1.57. The highest BCUT2D eigenvalue weighted by molar-refractivity contribution is 8.15. The van der Waals surface area contributed by atoms with Gasteiger partial charge in [0.1, 0.15) is 23.7 Å². The predicted molar refractivity (Wildman–Crippen MR) is 88.8 cm³/mol. The second-order valence-electron chi connectivity index (χ2n) is 5.02. The summed E-state index contributed by atoms with van der Waals surface area (Å²) >= 11 is 1.61. The fourth-order valence-corrected chi connectivity index (χ4v) is 3.43. The molecule has 116 valence electrons. The Morgan fingerprint density at radius 3 is 3.14 bits per heavy atom. The van der Waals surface area contributed by atoms with Crippen LogP contribution < -0.4 is 10.5 Å². The summed E-state index contributed by atoms with van der Waals surface area (Å²) in [6.07, 6.45) is 1.45. The van der Waals surface area contributed by atoms with Gasteiger partial charge in [-0.3, -0.25) is 4.99 Å². The van der Waals surface area contributed by atoms with E-state index in [9.17, 15) is 4.79 Å². The van der Waals surface area contributed by atoms with Crippen LogP contribution in [0, 0.1) is 0 Å². The van der Waals surface area contributed by atoms with Crippen LogP contribution in [0.25, 0.3) is 10.9 Å². The number of aromatic nitrogens is 1. The number of ether oxygens (including phenoxy) is 1. The Morgan fingerprint density at radius 1 is 1.50 bits per heavy atom. The molecule has 0 saturated carbocycles. The molecule has 0 fully saturated rings. The Morgan fingerprint density at radius 2 is 2.36 bits per heavy atom. The minimum atomic E-state index is -0.0398. The molecule has 1 aromatic carbocycles. The van der Waals surface area contributed by atoms with Crippen molar-refractivity contribution < 1.29 is 14.6 Å². The van der Waals surface area contributed by atoms with Crippen LogP contribution in [-0.2, 0) is 4.79 Å². The highest BCUT2D eigenvalue weighted by Gasteiger charge is 2.22. The van der Waals surface area contributed by atoms with Crippen LogP contribution in [0.4, 0.5) is 5.69 Å². The number of carbonyl (C=O) groups is 1. The maximum Gasteiger partial charge on any atom is 0.122 e. The van der Waals surface area contributed by atoms with Gasteiger partial charge in [0, 0.05) is 23.1 Å². The number of H-pyrrole nitrogens is 1. The van der Waals surface area contributed by atoms with E-state index in [0.717, 1.165) is 27.9 Å². The molecule has 0 spiro atoms. The number of benzene rings is 1. The van der Waals surface area contributed by atoms with Crippen LogP contribution in [-0.4, -0.2) is 46.4 Å². The Hall–Kier alpha value is -1.99. The normalized spacial score (nSPS) is 17.7. The molecule has 0 radical (unpaired) electrons. The summed E-state index contributed by atoms with van der Waals surface area (Å²) in [6.45, 7) is 0.856. The van der Waals surface area contributed by atoms with Crippen molar-refractivity contribution in [2.75, 3.05) is 25.5 Å². The molecule has 0 aliphatic carbocycles. The van der Waals surface area contributed by atoms with E-state index >= 15 is 0 Å². The molecule has 2 aromatic rings. The Kier molecular flexibility index (Phi) is 4.35. The number of carbonyl (C=O) groups excluding carboxylic acids is 1. The van der Waals surface area contributed by atoms with Crippen molar-refractivity contribution in [2.45, 2.75) is 11.7 Å². The number of aliphatic hydroxyl groups is 1. The lowest BCUT2D eigenvalue weighted by Gasteiger charge is -2.05. The lowest BCUT2D eigenvalue weighted by atomic mass is 10.2. The van der Waals surface area contributed by atoms with Crippen molar-refractivity contribution in [1.29, 1.82) is 0 Å². The third kappa shape index (κ3) is 2.95. The largest absolute Gasteiger partial charge is 0.491 e. The van der Waals surface area contributed by atoms with Crippen molar-refractivity contribution >= 4 is 39.7 Å². The van der Waals surface area contributed by atoms with Gasteiger partial charge in [-0.05, 0) is 12.1 Å². The van der Waals surface area contributed by atoms with Gasteiger partial charge in [-0.1, -0.05) is 11.8 Å². The monoisotopic (exact) mass is 319 g/mol. The number of nitrogens with zero attached hydrogens (tertiary/aromatic N) is 1. The van der Waals surface area contributed by atoms with Crippen molar-refractivity contribution in [3.8, 4) is 5.75 Å². The second kappa shape index (κ2) is 6.41. The fraction of sp³-hybridized carbons (Fsp3) is 0.333. The molecule has 0 saturated heterocycles. The number of hydrogen-bond acceptors (Lipinski definition) is 6. The number of rotatable bonds is 6. The molecule has 1 aliphatic heterocycles. The molecule has 0 amide bonds. The SMILES string of the molecule is Nc1cc(OCCO)cc2cc(C3=NCC(CC=O)S3)[nH]c12. The molecule has 22 heavy (non-hydrogen) atoms. The van der Waals surface area contributed by atoms with E-state index in [2.05, 4.69) is 9.98 Å². The summed E-state index contributed by atoms with van der Waals surface area (Å²) in [5, 5.41) is 10.9. The minimum Gasteiger partial charge on any atom is -0.491 e. The van der Waals surface area contributed by atoms with Crippen LogP contribution >= 0.6 is 11.8 Å². The van der Waals surface area contributed by atoms with Crippen LogP contribution in [0.2, 0.25) is 0 Å². The van der Waals surface area contributed by atoms with Gasteiger partial charge in [-0.25, -0.2) is 0 Å². The summed E-state index contributed by atoms with van der Waals surface area (Å²) < 4.78 is 5.41. The number of aliphatic hydroxyl groups excluding tert-OH is 1. The number of aliphatic imine (C=N–C) groups is 1. The van der Waals surface area contributed by atoms with Gasteiger partial charge in [0.15, 0.2) is 0 Å². The summed E-state index contributed by atoms with van der Waals surface area (Å²) in [5.74, 6) is 0.629. The van der Waals surface area contributed by atoms with Gasteiger partial charge in [-0.2, -0.15) is 0 Å². The zero-order valence-corrected chi connectivity index (χ0v) is 12.7. The number of thioether (sulfide) groups is 1. The highest BCUT2D eigenvalue weighted by Crippen LogP contribution is 2.32. The number of fused-ring (bicyclic) bond motifs is 1. The van der Waals surface area contributed by atoms with E-state index in [4.69, 9.17) is 15.6 Å². The van der Waals surface area contributed by atoms with Gasteiger partial charge in [0.05, 0.1) is 30.0 Å². The molecule has 6 nitrogen and oxygen atoms in total.